The highest BCUT2D eigenvalue weighted by Crippen LogP contribution is 2.28. The van der Waals surface area contributed by atoms with Crippen LogP contribution in [0.15, 0.2) is 66.9 Å². The summed E-state index contributed by atoms with van der Waals surface area (Å²) in [5, 5.41) is 8.02. The third-order valence-electron chi connectivity index (χ3n) is 5.87. The number of pyridine rings is 1. The van der Waals surface area contributed by atoms with Gasteiger partial charge in [-0.2, -0.15) is 5.10 Å². The molecule has 4 rings (SSSR count). The van der Waals surface area contributed by atoms with E-state index in [1.54, 1.807) is 24.4 Å². The van der Waals surface area contributed by atoms with Gasteiger partial charge in [0.15, 0.2) is 15.5 Å². The topological polar surface area (TPSA) is 94.0 Å². The molecule has 0 aliphatic heterocycles. The Hall–Kier alpha value is -3.52. The molecule has 1 amide bonds. The van der Waals surface area contributed by atoms with E-state index in [1.807, 2.05) is 67.9 Å². The summed E-state index contributed by atoms with van der Waals surface area (Å²) in [7, 11) is -3.26. The van der Waals surface area contributed by atoms with Crippen molar-refractivity contribution in [2.24, 2.45) is 0 Å². The number of benzene rings is 2. The summed E-state index contributed by atoms with van der Waals surface area (Å²) >= 11 is 0. The molecule has 2 aromatic carbocycles. The summed E-state index contributed by atoms with van der Waals surface area (Å²) in [5.41, 5.74) is 4.61. The van der Waals surface area contributed by atoms with Gasteiger partial charge in [0.05, 0.1) is 34.3 Å². The summed E-state index contributed by atoms with van der Waals surface area (Å²) in [6.07, 6.45) is 2.01. The second-order valence-corrected chi connectivity index (χ2v) is 11.2. The third-order valence-corrected chi connectivity index (χ3v) is 7.55. The number of sulfone groups is 1. The SMILES string of the molecule is Cc1ccccc1-c1cc(C(=O)NCCCS(=O)(=O)Cc2ccccc2)c2cnn(C(C)C)c2n1. The Balaban J connectivity index is 1.52. The number of carbonyl (C=O) groups is 1. The number of carbonyl (C=O) groups excluding carboxylic acids is 1. The van der Waals surface area contributed by atoms with Crippen molar-refractivity contribution in [3.63, 3.8) is 0 Å². The maximum absolute atomic E-state index is 13.2. The molecular formula is C27H30N4O3S. The highest BCUT2D eigenvalue weighted by molar-refractivity contribution is 7.90. The van der Waals surface area contributed by atoms with Crippen LogP contribution in [0.5, 0.6) is 0 Å². The van der Waals surface area contributed by atoms with E-state index < -0.39 is 9.84 Å². The fraction of sp³-hybridized carbons (Fsp3) is 0.296. The van der Waals surface area contributed by atoms with Gasteiger partial charge in [0, 0.05) is 18.2 Å². The van der Waals surface area contributed by atoms with Crippen molar-refractivity contribution in [2.45, 2.75) is 39.0 Å². The van der Waals surface area contributed by atoms with Gasteiger partial charge in [-0.3, -0.25) is 4.79 Å². The lowest BCUT2D eigenvalue weighted by Gasteiger charge is -2.12. The van der Waals surface area contributed by atoms with E-state index in [0.29, 0.717) is 28.7 Å². The number of hydrogen-bond acceptors (Lipinski definition) is 5. The van der Waals surface area contributed by atoms with Crippen LogP contribution in [0.1, 0.15) is 47.8 Å². The van der Waals surface area contributed by atoms with Gasteiger partial charge in [0.2, 0.25) is 0 Å². The van der Waals surface area contributed by atoms with Crippen LogP contribution in [0, 0.1) is 6.92 Å². The molecule has 7 nitrogen and oxygen atoms in total. The molecule has 1 N–H and O–H groups in total. The Morgan fingerprint density at radius 3 is 2.49 bits per heavy atom. The van der Waals surface area contributed by atoms with Crippen LogP contribution in [0.4, 0.5) is 0 Å². The third kappa shape index (κ3) is 5.77. The molecule has 35 heavy (non-hydrogen) atoms. The van der Waals surface area contributed by atoms with Crippen LogP contribution in [0.2, 0.25) is 0 Å². The Bertz CT molecular complexity index is 1440. The lowest BCUT2D eigenvalue weighted by atomic mass is 10.0. The summed E-state index contributed by atoms with van der Waals surface area (Å²) in [6, 6.07) is 18.9. The first-order chi connectivity index (χ1) is 16.7. The number of amides is 1. The van der Waals surface area contributed by atoms with Gasteiger partial charge in [0.1, 0.15) is 0 Å². The zero-order chi connectivity index (χ0) is 25.0. The van der Waals surface area contributed by atoms with Crippen molar-refractivity contribution in [3.8, 4) is 11.3 Å². The van der Waals surface area contributed by atoms with E-state index in [1.165, 1.54) is 0 Å². The number of nitrogens with one attached hydrogen (secondary N) is 1. The van der Waals surface area contributed by atoms with E-state index in [9.17, 15) is 13.2 Å². The molecule has 8 heteroatoms. The van der Waals surface area contributed by atoms with Crippen LogP contribution in [-0.4, -0.2) is 41.4 Å². The van der Waals surface area contributed by atoms with E-state index in [4.69, 9.17) is 4.98 Å². The molecule has 0 atom stereocenters. The van der Waals surface area contributed by atoms with Crippen molar-refractivity contribution in [3.05, 3.63) is 83.6 Å². The smallest absolute Gasteiger partial charge is 0.252 e. The van der Waals surface area contributed by atoms with Gasteiger partial charge < -0.3 is 5.32 Å². The lowest BCUT2D eigenvalue weighted by Crippen LogP contribution is -2.26. The van der Waals surface area contributed by atoms with Gasteiger partial charge in [-0.25, -0.2) is 18.1 Å². The van der Waals surface area contributed by atoms with Crippen LogP contribution in [0.3, 0.4) is 0 Å². The van der Waals surface area contributed by atoms with Gasteiger partial charge in [-0.05, 0) is 44.4 Å². The molecule has 0 radical (unpaired) electrons. The number of hydrogen-bond donors (Lipinski definition) is 1. The Labute approximate surface area is 206 Å². The van der Waals surface area contributed by atoms with E-state index in [2.05, 4.69) is 10.4 Å². The summed E-state index contributed by atoms with van der Waals surface area (Å²) in [4.78, 5) is 18.0. The predicted molar refractivity (Wildman–Crippen MR) is 139 cm³/mol. The van der Waals surface area contributed by atoms with Gasteiger partial charge in [-0.1, -0.05) is 54.6 Å². The Kier molecular flexibility index (Phi) is 7.31. The minimum absolute atomic E-state index is 0.000930. The predicted octanol–water partition coefficient (Wildman–Crippen LogP) is 4.72. The number of rotatable bonds is 9. The minimum Gasteiger partial charge on any atom is -0.352 e. The average molecular weight is 491 g/mol. The molecule has 182 valence electrons. The largest absolute Gasteiger partial charge is 0.352 e. The van der Waals surface area contributed by atoms with E-state index in [-0.39, 0.29) is 30.0 Å². The highest BCUT2D eigenvalue weighted by atomic mass is 32.2. The minimum atomic E-state index is -3.26. The second kappa shape index (κ2) is 10.4. The van der Waals surface area contributed by atoms with E-state index in [0.717, 1.165) is 16.7 Å². The lowest BCUT2D eigenvalue weighted by molar-refractivity contribution is 0.0955. The Morgan fingerprint density at radius 2 is 1.77 bits per heavy atom. The van der Waals surface area contributed by atoms with Crippen LogP contribution < -0.4 is 5.32 Å². The number of nitrogens with zero attached hydrogens (tertiary/aromatic N) is 3. The first-order valence-electron chi connectivity index (χ1n) is 11.7. The van der Waals surface area contributed by atoms with Crippen molar-refractivity contribution in [2.75, 3.05) is 12.3 Å². The molecule has 4 aromatic rings. The second-order valence-electron chi connectivity index (χ2n) is 8.98. The quantitative estimate of drug-likeness (QED) is 0.343. The van der Waals surface area contributed by atoms with Crippen molar-refractivity contribution >= 4 is 26.8 Å². The zero-order valence-corrected chi connectivity index (χ0v) is 21.0. The monoisotopic (exact) mass is 490 g/mol. The maximum Gasteiger partial charge on any atom is 0.252 e. The van der Waals surface area contributed by atoms with E-state index >= 15 is 0 Å². The first kappa shape index (κ1) is 24.6. The standard InChI is InChI=1S/C27H30N4O3S/c1-19(2)31-26-24(17-29-31)23(16-25(30-26)22-13-8-7-10-20(22)3)27(32)28-14-9-15-35(33,34)18-21-11-5-4-6-12-21/h4-8,10-13,16-17,19H,9,14-15,18H2,1-3H3,(H,28,32). The fourth-order valence-corrected chi connectivity index (χ4v) is 5.50. The number of aromatic nitrogens is 3. The first-order valence-corrected chi connectivity index (χ1v) is 13.5. The summed E-state index contributed by atoms with van der Waals surface area (Å²) in [5.74, 6) is -0.259. The molecule has 0 aliphatic carbocycles. The summed E-state index contributed by atoms with van der Waals surface area (Å²) in [6.45, 7) is 6.31. The molecule has 0 fully saturated rings. The molecule has 0 bridgehead atoms. The summed E-state index contributed by atoms with van der Waals surface area (Å²) < 4.78 is 26.7. The van der Waals surface area contributed by atoms with Crippen molar-refractivity contribution in [1.29, 1.82) is 0 Å². The van der Waals surface area contributed by atoms with Gasteiger partial charge in [-0.15, -0.1) is 0 Å². The molecule has 0 aliphatic rings. The normalized spacial score (nSPS) is 11.8. The van der Waals surface area contributed by atoms with Crippen LogP contribution in [0.25, 0.3) is 22.3 Å². The molecule has 2 heterocycles. The van der Waals surface area contributed by atoms with Crippen molar-refractivity contribution < 1.29 is 13.2 Å². The maximum atomic E-state index is 13.2. The van der Waals surface area contributed by atoms with Crippen molar-refractivity contribution in [1.82, 2.24) is 20.1 Å². The number of fused-ring (bicyclic) bond motifs is 1. The molecule has 0 saturated heterocycles. The fourth-order valence-electron chi connectivity index (χ4n) is 4.07. The van der Waals surface area contributed by atoms with Gasteiger partial charge in [0.25, 0.3) is 5.91 Å². The molecule has 2 aromatic heterocycles. The Morgan fingerprint density at radius 1 is 1.06 bits per heavy atom. The molecule has 0 spiro atoms. The van der Waals surface area contributed by atoms with Crippen LogP contribution in [-0.2, 0) is 15.6 Å². The number of aryl methyl sites for hydroxylation is 1. The zero-order valence-electron chi connectivity index (χ0n) is 20.2. The van der Waals surface area contributed by atoms with Gasteiger partial charge >= 0.3 is 0 Å². The van der Waals surface area contributed by atoms with Crippen LogP contribution >= 0.6 is 0 Å². The average Bonchev–Trinajstić information content (AvgIpc) is 3.26. The molecule has 0 saturated carbocycles. The molecular weight excluding hydrogens is 460 g/mol. The molecule has 0 unspecified atom stereocenters. The highest BCUT2D eigenvalue weighted by Gasteiger charge is 2.19.